The number of hydrogen-bond acceptors (Lipinski definition) is 3. The Morgan fingerprint density at radius 1 is 1.45 bits per heavy atom. The predicted octanol–water partition coefficient (Wildman–Crippen LogP) is 3.07. The highest BCUT2D eigenvalue weighted by atomic mass is 19.4. The molecule has 0 amide bonds. The monoisotopic (exact) mass is 291 g/mol. The molecule has 2 atom stereocenters. The van der Waals surface area contributed by atoms with Crippen LogP contribution in [0, 0.1) is 11.3 Å². The molecular weight excluding hydrogens is 267 g/mol. The van der Waals surface area contributed by atoms with Gasteiger partial charge in [-0.3, -0.25) is 5.32 Å². The molecule has 0 heterocycles. The minimum absolute atomic E-state index is 0.00263. The van der Waals surface area contributed by atoms with Gasteiger partial charge in [0.15, 0.2) is 0 Å². The summed E-state index contributed by atoms with van der Waals surface area (Å²) in [6, 6.07) is 2.57. The van der Waals surface area contributed by atoms with E-state index in [1.54, 1.807) is 11.9 Å². The maximum atomic E-state index is 12.3. The van der Waals surface area contributed by atoms with E-state index in [-0.39, 0.29) is 18.6 Å². The Balaban J connectivity index is 2.61. The summed E-state index contributed by atoms with van der Waals surface area (Å²) in [6.07, 6.45) is -1.82. The van der Waals surface area contributed by atoms with Gasteiger partial charge in [-0.25, -0.2) is 0 Å². The predicted molar refractivity (Wildman–Crippen MR) is 72.2 cm³/mol. The van der Waals surface area contributed by atoms with E-state index >= 15 is 0 Å². The third-order valence-electron chi connectivity index (χ3n) is 3.88. The smallest absolute Gasteiger partial charge is 0.303 e. The van der Waals surface area contributed by atoms with E-state index in [4.69, 9.17) is 0 Å². The molecule has 2 unspecified atom stereocenters. The zero-order valence-electron chi connectivity index (χ0n) is 12.4. The normalized spacial score (nSPS) is 27.9. The van der Waals surface area contributed by atoms with Crippen molar-refractivity contribution in [3.8, 4) is 6.07 Å². The molecule has 1 fully saturated rings. The summed E-state index contributed by atoms with van der Waals surface area (Å²) in [6.45, 7) is 3.96. The molecular formula is C14H24F3N3. The van der Waals surface area contributed by atoms with Gasteiger partial charge in [0, 0.05) is 18.6 Å². The van der Waals surface area contributed by atoms with Crippen molar-refractivity contribution in [2.24, 2.45) is 0 Å². The second kappa shape index (κ2) is 6.77. The van der Waals surface area contributed by atoms with Crippen LogP contribution in [0.2, 0.25) is 0 Å². The zero-order chi connectivity index (χ0) is 15.4. The Kier molecular flexibility index (Phi) is 5.84. The van der Waals surface area contributed by atoms with Crippen LogP contribution in [0.15, 0.2) is 0 Å². The zero-order valence-corrected chi connectivity index (χ0v) is 12.4. The summed E-state index contributed by atoms with van der Waals surface area (Å²) in [5.74, 6) is 0. The maximum absolute atomic E-state index is 12.3. The molecule has 20 heavy (non-hydrogen) atoms. The van der Waals surface area contributed by atoms with Gasteiger partial charge >= 0.3 is 6.18 Å². The molecule has 0 spiro atoms. The first-order chi connectivity index (χ1) is 9.17. The minimum atomic E-state index is -4.12. The quantitative estimate of drug-likeness (QED) is 0.846. The Bertz CT molecular complexity index is 349. The van der Waals surface area contributed by atoms with Gasteiger partial charge < -0.3 is 4.90 Å². The van der Waals surface area contributed by atoms with Gasteiger partial charge in [-0.05, 0) is 46.6 Å². The summed E-state index contributed by atoms with van der Waals surface area (Å²) in [4.78, 5) is 1.75. The summed E-state index contributed by atoms with van der Waals surface area (Å²) < 4.78 is 36.8. The maximum Gasteiger partial charge on any atom is 0.390 e. The van der Waals surface area contributed by atoms with Gasteiger partial charge in [0.05, 0.1) is 12.5 Å². The van der Waals surface area contributed by atoms with Crippen LogP contribution in [-0.4, -0.2) is 42.3 Å². The topological polar surface area (TPSA) is 39.1 Å². The Hall–Kier alpha value is -0.800. The van der Waals surface area contributed by atoms with E-state index in [0.29, 0.717) is 6.42 Å². The fourth-order valence-corrected chi connectivity index (χ4v) is 2.93. The van der Waals surface area contributed by atoms with Crippen LogP contribution < -0.4 is 5.32 Å². The molecule has 1 saturated carbocycles. The van der Waals surface area contributed by atoms with Gasteiger partial charge in [-0.2, -0.15) is 18.4 Å². The van der Waals surface area contributed by atoms with E-state index in [0.717, 1.165) is 19.3 Å². The fraction of sp³-hybridized carbons (Fsp3) is 0.929. The van der Waals surface area contributed by atoms with Gasteiger partial charge in [0.25, 0.3) is 0 Å². The fourth-order valence-electron chi connectivity index (χ4n) is 2.93. The average molecular weight is 291 g/mol. The third kappa shape index (κ3) is 5.29. The van der Waals surface area contributed by atoms with Crippen molar-refractivity contribution in [1.82, 2.24) is 10.2 Å². The molecule has 0 bridgehead atoms. The van der Waals surface area contributed by atoms with Crippen molar-refractivity contribution in [2.45, 2.75) is 69.8 Å². The van der Waals surface area contributed by atoms with Gasteiger partial charge in [-0.15, -0.1) is 0 Å². The van der Waals surface area contributed by atoms with Crippen LogP contribution in [0.1, 0.15) is 46.0 Å². The molecule has 3 nitrogen and oxygen atoms in total. The van der Waals surface area contributed by atoms with Crippen molar-refractivity contribution >= 4 is 0 Å². The molecule has 1 N–H and O–H groups in total. The van der Waals surface area contributed by atoms with Crippen molar-refractivity contribution in [1.29, 1.82) is 5.26 Å². The number of alkyl halides is 3. The molecule has 1 aliphatic rings. The van der Waals surface area contributed by atoms with Crippen LogP contribution in [0.4, 0.5) is 13.2 Å². The lowest BCUT2D eigenvalue weighted by molar-refractivity contribution is -0.138. The number of nitrogens with zero attached hydrogens (tertiary/aromatic N) is 2. The van der Waals surface area contributed by atoms with Crippen molar-refractivity contribution in [3.05, 3.63) is 0 Å². The molecule has 1 aliphatic carbocycles. The molecule has 1 rings (SSSR count). The second-order valence-corrected chi connectivity index (χ2v) is 6.09. The third-order valence-corrected chi connectivity index (χ3v) is 3.88. The minimum Gasteiger partial charge on any atom is -0.303 e. The number of halogens is 3. The largest absolute Gasteiger partial charge is 0.390 e. The highest BCUT2D eigenvalue weighted by Crippen LogP contribution is 2.31. The van der Waals surface area contributed by atoms with E-state index < -0.39 is 18.1 Å². The highest BCUT2D eigenvalue weighted by molar-refractivity contribution is 5.11. The van der Waals surface area contributed by atoms with E-state index in [9.17, 15) is 18.4 Å². The molecule has 0 aromatic carbocycles. The molecule has 0 saturated heterocycles. The first kappa shape index (κ1) is 17.3. The lowest BCUT2D eigenvalue weighted by atomic mass is 9.79. The molecule has 0 aliphatic heterocycles. The molecule has 116 valence electrons. The molecule has 0 aromatic heterocycles. The molecule has 0 radical (unpaired) electrons. The van der Waals surface area contributed by atoms with Crippen molar-refractivity contribution in [3.63, 3.8) is 0 Å². The molecule has 6 heteroatoms. The second-order valence-electron chi connectivity index (χ2n) is 6.09. The highest BCUT2D eigenvalue weighted by Gasteiger charge is 2.38. The number of nitriles is 1. The summed E-state index contributed by atoms with van der Waals surface area (Å²) >= 11 is 0. The van der Waals surface area contributed by atoms with Crippen LogP contribution in [0.25, 0.3) is 0 Å². The van der Waals surface area contributed by atoms with Crippen molar-refractivity contribution < 1.29 is 13.2 Å². The SMILES string of the molecule is CC(C)NC1(C#N)CCCC(N(C)CCC(F)(F)F)C1. The summed E-state index contributed by atoms with van der Waals surface area (Å²) in [7, 11) is 1.72. The van der Waals surface area contributed by atoms with Gasteiger partial charge in [0.2, 0.25) is 0 Å². The van der Waals surface area contributed by atoms with Crippen LogP contribution in [0.5, 0.6) is 0 Å². The number of hydrogen-bond donors (Lipinski definition) is 1. The summed E-state index contributed by atoms with van der Waals surface area (Å²) in [5.41, 5.74) is -0.594. The van der Waals surface area contributed by atoms with Crippen LogP contribution in [-0.2, 0) is 0 Å². The lowest BCUT2D eigenvalue weighted by Crippen LogP contribution is -2.54. The molecule has 0 aromatic rings. The Morgan fingerprint density at radius 2 is 2.10 bits per heavy atom. The first-order valence-electron chi connectivity index (χ1n) is 7.13. The van der Waals surface area contributed by atoms with Crippen LogP contribution in [0.3, 0.4) is 0 Å². The Labute approximate surface area is 119 Å². The number of nitrogens with one attached hydrogen (secondary N) is 1. The van der Waals surface area contributed by atoms with Crippen molar-refractivity contribution in [2.75, 3.05) is 13.6 Å². The van der Waals surface area contributed by atoms with Gasteiger partial charge in [0.1, 0.15) is 5.54 Å². The van der Waals surface area contributed by atoms with E-state index in [2.05, 4.69) is 11.4 Å². The van der Waals surface area contributed by atoms with E-state index in [1.165, 1.54) is 0 Å². The standard InChI is InChI=1S/C14H24F3N3/c1-11(2)19-13(10-18)6-4-5-12(9-13)20(3)8-7-14(15,16)17/h11-12,19H,4-9H2,1-3H3. The van der Waals surface area contributed by atoms with Crippen LogP contribution >= 0.6 is 0 Å². The Morgan fingerprint density at radius 3 is 2.60 bits per heavy atom. The van der Waals surface area contributed by atoms with Gasteiger partial charge in [-0.1, -0.05) is 0 Å². The summed E-state index contributed by atoms with van der Waals surface area (Å²) in [5, 5.41) is 12.7. The first-order valence-corrected chi connectivity index (χ1v) is 7.13. The van der Waals surface area contributed by atoms with E-state index in [1.807, 2.05) is 13.8 Å². The lowest BCUT2D eigenvalue weighted by Gasteiger charge is -2.41. The average Bonchev–Trinajstić information content (AvgIpc) is 2.34. The number of rotatable bonds is 5.